The van der Waals surface area contributed by atoms with Crippen LogP contribution in [0.15, 0.2) is 22.7 Å². The summed E-state index contributed by atoms with van der Waals surface area (Å²) in [7, 11) is 2.02. The fourth-order valence-corrected chi connectivity index (χ4v) is 2.22. The van der Waals surface area contributed by atoms with E-state index in [1.165, 1.54) is 28.4 Å². The van der Waals surface area contributed by atoms with Crippen molar-refractivity contribution in [1.29, 1.82) is 0 Å². The highest BCUT2D eigenvalue weighted by molar-refractivity contribution is 9.10. The van der Waals surface area contributed by atoms with E-state index in [1.807, 2.05) is 7.05 Å². The minimum Gasteiger partial charge on any atom is -0.313 e. The van der Waals surface area contributed by atoms with E-state index in [-0.39, 0.29) is 0 Å². The number of benzene rings is 1. The summed E-state index contributed by atoms with van der Waals surface area (Å²) >= 11 is 3.65. The van der Waals surface area contributed by atoms with E-state index < -0.39 is 0 Å². The predicted octanol–water partition coefficient (Wildman–Crippen LogP) is 3.82. The van der Waals surface area contributed by atoms with E-state index >= 15 is 0 Å². The normalized spacial score (nSPS) is 12.9. The standard InChI is InChI=1S/C12H18BrN/c1-4-6-11(14-3)10-8-5-7-9(2)12(10)13/h5,7-8,11,14H,4,6H2,1-3H3. The van der Waals surface area contributed by atoms with Gasteiger partial charge in [0.2, 0.25) is 0 Å². The van der Waals surface area contributed by atoms with Gasteiger partial charge in [0.25, 0.3) is 0 Å². The molecule has 0 aliphatic carbocycles. The van der Waals surface area contributed by atoms with Crippen molar-refractivity contribution < 1.29 is 0 Å². The highest BCUT2D eigenvalue weighted by Gasteiger charge is 2.11. The zero-order valence-corrected chi connectivity index (χ0v) is 10.7. The summed E-state index contributed by atoms with van der Waals surface area (Å²) in [6, 6.07) is 6.91. The van der Waals surface area contributed by atoms with Gasteiger partial charge in [0.1, 0.15) is 0 Å². The lowest BCUT2D eigenvalue weighted by atomic mass is 10.0. The predicted molar refractivity (Wildman–Crippen MR) is 65.6 cm³/mol. The quantitative estimate of drug-likeness (QED) is 0.863. The number of nitrogens with one attached hydrogen (secondary N) is 1. The first-order valence-electron chi connectivity index (χ1n) is 5.13. The van der Waals surface area contributed by atoms with E-state index in [1.54, 1.807) is 0 Å². The zero-order valence-electron chi connectivity index (χ0n) is 9.10. The number of hydrogen-bond donors (Lipinski definition) is 1. The molecule has 1 aromatic carbocycles. The van der Waals surface area contributed by atoms with Gasteiger partial charge >= 0.3 is 0 Å². The summed E-state index contributed by atoms with van der Waals surface area (Å²) in [6.45, 7) is 4.35. The van der Waals surface area contributed by atoms with Gasteiger partial charge in [-0.2, -0.15) is 0 Å². The van der Waals surface area contributed by atoms with Crippen molar-refractivity contribution in [3.63, 3.8) is 0 Å². The maximum absolute atomic E-state index is 3.65. The van der Waals surface area contributed by atoms with Crippen LogP contribution in [0.4, 0.5) is 0 Å². The monoisotopic (exact) mass is 255 g/mol. The Morgan fingerprint density at radius 3 is 2.71 bits per heavy atom. The molecule has 0 amide bonds. The lowest BCUT2D eigenvalue weighted by molar-refractivity contribution is 0.539. The first-order valence-corrected chi connectivity index (χ1v) is 5.92. The molecule has 1 unspecified atom stereocenters. The van der Waals surface area contributed by atoms with Gasteiger partial charge in [-0.15, -0.1) is 0 Å². The van der Waals surface area contributed by atoms with Gasteiger partial charge in [0, 0.05) is 10.5 Å². The molecule has 0 saturated carbocycles. The van der Waals surface area contributed by atoms with Gasteiger partial charge in [-0.05, 0) is 31.5 Å². The number of hydrogen-bond acceptors (Lipinski definition) is 1. The van der Waals surface area contributed by atoms with E-state index in [4.69, 9.17) is 0 Å². The summed E-state index contributed by atoms with van der Waals surface area (Å²) in [5, 5.41) is 3.36. The van der Waals surface area contributed by atoms with Crippen molar-refractivity contribution >= 4 is 15.9 Å². The van der Waals surface area contributed by atoms with Gasteiger partial charge in [0.05, 0.1) is 0 Å². The highest BCUT2D eigenvalue weighted by atomic mass is 79.9. The van der Waals surface area contributed by atoms with Crippen molar-refractivity contribution in [3.8, 4) is 0 Å². The second-order valence-corrected chi connectivity index (χ2v) is 4.40. The van der Waals surface area contributed by atoms with Crippen molar-refractivity contribution in [2.75, 3.05) is 7.05 Å². The van der Waals surface area contributed by atoms with Gasteiger partial charge in [0.15, 0.2) is 0 Å². The van der Waals surface area contributed by atoms with Crippen LogP contribution in [0.3, 0.4) is 0 Å². The van der Waals surface area contributed by atoms with Crippen LogP contribution in [0.1, 0.15) is 36.9 Å². The van der Waals surface area contributed by atoms with Gasteiger partial charge < -0.3 is 5.32 Å². The van der Waals surface area contributed by atoms with Crippen molar-refractivity contribution in [2.45, 2.75) is 32.7 Å². The van der Waals surface area contributed by atoms with Gasteiger partial charge in [-0.1, -0.05) is 47.5 Å². The van der Waals surface area contributed by atoms with Crippen molar-refractivity contribution in [3.05, 3.63) is 33.8 Å². The minimum absolute atomic E-state index is 0.467. The van der Waals surface area contributed by atoms with Crippen LogP contribution in [-0.4, -0.2) is 7.05 Å². The largest absolute Gasteiger partial charge is 0.313 e. The molecule has 1 atom stereocenters. The molecule has 0 saturated heterocycles. The topological polar surface area (TPSA) is 12.0 Å². The molecule has 0 aliphatic rings. The Kier molecular flexibility index (Phi) is 4.63. The summed E-state index contributed by atoms with van der Waals surface area (Å²) in [5.41, 5.74) is 2.67. The fraction of sp³-hybridized carbons (Fsp3) is 0.500. The first-order chi connectivity index (χ1) is 6.70. The summed E-state index contributed by atoms with van der Waals surface area (Å²) in [4.78, 5) is 0. The summed E-state index contributed by atoms with van der Waals surface area (Å²) in [5.74, 6) is 0. The van der Waals surface area contributed by atoms with Crippen molar-refractivity contribution in [1.82, 2.24) is 5.32 Å². The minimum atomic E-state index is 0.467. The third-order valence-corrected chi connectivity index (χ3v) is 3.61. The van der Waals surface area contributed by atoms with E-state index in [0.717, 1.165) is 0 Å². The van der Waals surface area contributed by atoms with Crippen molar-refractivity contribution in [2.24, 2.45) is 0 Å². The van der Waals surface area contributed by atoms with E-state index in [0.29, 0.717) is 6.04 Å². The molecular weight excluding hydrogens is 238 g/mol. The third kappa shape index (κ3) is 2.58. The van der Waals surface area contributed by atoms with Gasteiger partial charge in [-0.25, -0.2) is 0 Å². The van der Waals surface area contributed by atoms with Crippen LogP contribution in [0.5, 0.6) is 0 Å². The van der Waals surface area contributed by atoms with E-state index in [2.05, 4.69) is 53.3 Å². The fourth-order valence-electron chi connectivity index (χ4n) is 1.68. The van der Waals surface area contributed by atoms with Crippen LogP contribution in [0, 0.1) is 6.92 Å². The Hall–Kier alpha value is -0.340. The van der Waals surface area contributed by atoms with Crippen LogP contribution >= 0.6 is 15.9 Å². The SMILES string of the molecule is CCCC(NC)c1cccc(C)c1Br. The molecule has 0 bridgehead atoms. The molecule has 0 aliphatic heterocycles. The Labute approximate surface area is 95.0 Å². The Balaban J connectivity index is 2.97. The summed E-state index contributed by atoms with van der Waals surface area (Å²) in [6.07, 6.45) is 2.38. The third-order valence-electron chi connectivity index (χ3n) is 2.52. The molecule has 0 fully saturated rings. The smallest absolute Gasteiger partial charge is 0.0328 e. The van der Waals surface area contributed by atoms with Crippen LogP contribution in [0.2, 0.25) is 0 Å². The average molecular weight is 256 g/mol. The van der Waals surface area contributed by atoms with E-state index in [9.17, 15) is 0 Å². The molecule has 1 N–H and O–H groups in total. The van der Waals surface area contributed by atoms with Crippen LogP contribution in [-0.2, 0) is 0 Å². The lowest BCUT2D eigenvalue weighted by Gasteiger charge is -2.18. The number of aryl methyl sites for hydroxylation is 1. The highest BCUT2D eigenvalue weighted by Crippen LogP contribution is 2.28. The molecular formula is C12H18BrN. The zero-order chi connectivity index (χ0) is 10.6. The Morgan fingerprint density at radius 1 is 1.43 bits per heavy atom. The lowest BCUT2D eigenvalue weighted by Crippen LogP contribution is -2.16. The molecule has 14 heavy (non-hydrogen) atoms. The molecule has 78 valence electrons. The molecule has 1 rings (SSSR count). The molecule has 1 nitrogen and oxygen atoms in total. The molecule has 2 heteroatoms. The number of rotatable bonds is 4. The maximum atomic E-state index is 3.65. The molecule has 0 radical (unpaired) electrons. The average Bonchev–Trinajstić information content (AvgIpc) is 2.19. The summed E-state index contributed by atoms with van der Waals surface area (Å²) < 4.78 is 1.24. The Bertz CT molecular complexity index is 296. The van der Waals surface area contributed by atoms with Crippen LogP contribution in [0.25, 0.3) is 0 Å². The Morgan fingerprint density at radius 2 is 2.14 bits per heavy atom. The second kappa shape index (κ2) is 5.52. The molecule has 1 aromatic rings. The molecule has 0 heterocycles. The van der Waals surface area contributed by atoms with Gasteiger partial charge in [-0.3, -0.25) is 0 Å². The van der Waals surface area contributed by atoms with Crippen LogP contribution < -0.4 is 5.32 Å². The first kappa shape index (κ1) is 11.7. The molecule has 0 spiro atoms. The molecule has 0 aromatic heterocycles. The maximum Gasteiger partial charge on any atom is 0.0328 e. The second-order valence-electron chi connectivity index (χ2n) is 3.61. The number of halogens is 1.